The zero-order valence-electron chi connectivity index (χ0n) is 16.1. The maximum absolute atomic E-state index is 13.0. The number of ether oxygens (including phenoxy) is 1. The Labute approximate surface area is 160 Å². The molecule has 0 saturated heterocycles. The summed E-state index contributed by atoms with van der Waals surface area (Å²) in [5.41, 5.74) is 2.97. The summed E-state index contributed by atoms with van der Waals surface area (Å²) in [6.45, 7) is 8.92. The molecule has 1 aliphatic heterocycles. The third-order valence-electron chi connectivity index (χ3n) is 4.86. The SMILES string of the molecule is [2H][C@@](C(=O)OCC)(c1ccccc1Cl)N1CCc2sc(C)c(C)c2C1C. The second-order valence-corrected chi connectivity index (χ2v) is 8.00. The highest BCUT2D eigenvalue weighted by Crippen LogP contribution is 2.43. The van der Waals surface area contributed by atoms with E-state index in [0.29, 0.717) is 17.1 Å². The minimum Gasteiger partial charge on any atom is -0.465 e. The average Bonchev–Trinajstić information content (AvgIpc) is 2.90. The number of thiophene rings is 1. The van der Waals surface area contributed by atoms with Crippen LogP contribution in [0.25, 0.3) is 0 Å². The Hall–Kier alpha value is -1.36. The Bertz CT molecular complexity index is 837. The maximum Gasteiger partial charge on any atom is 0.328 e. The summed E-state index contributed by atoms with van der Waals surface area (Å²) < 4.78 is 14.5. The van der Waals surface area contributed by atoms with Gasteiger partial charge in [-0.25, -0.2) is 4.79 Å². The standard InChI is InChI=1S/C20H24ClNO2S/c1-5-24-20(23)19(15-8-6-7-9-16(15)21)22-11-10-17-18(13(22)3)12(2)14(4)25-17/h6-9,13,19H,5,10-11H2,1-4H3/t13?,19-/m0/s1/i19D. The van der Waals surface area contributed by atoms with Crippen LogP contribution in [0.15, 0.2) is 24.3 Å². The van der Waals surface area contributed by atoms with Gasteiger partial charge in [0.05, 0.1) is 7.98 Å². The molecule has 0 fully saturated rings. The number of hydrogen-bond acceptors (Lipinski definition) is 4. The van der Waals surface area contributed by atoms with E-state index in [1.807, 2.05) is 28.4 Å². The zero-order valence-corrected chi connectivity index (χ0v) is 16.6. The number of aryl methyl sites for hydroxylation is 1. The van der Waals surface area contributed by atoms with Crippen LogP contribution < -0.4 is 0 Å². The Kier molecular flexibility index (Phi) is 5.11. The van der Waals surface area contributed by atoms with E-state index in [4.69, 9.17) is 16.3 Å². The molecule has 1 aromatic heterocycles. The number of benzene rings is 1. The Morgan fingerprint density at radius 3 is 2.88 bits per heavy atom. The Morgan fingerprint density at radius 2 is 2.20 bits per heavy atom. The van der Waals surface area contributed by atoms with Gasteiger partial charge in [-0.05, 0) is 56.9 Å². The number of halogens is 1. The minimum absolute atomic E-state index is 0.0677. The van der Waals surface area contributed by atoms with Crippen molar-refractivity contribution in [2.75, 3.05) is 13.2 Å². The first kappa shape index (κ1) is 17.1. The Balaban J connectivity index is 2.13. The van der Waals surface area contributed by atoms with Gasteiger partial charge in [0.1, 0.15) is 6.02 Å². The van der Waals surface area contributed by atoms with Crippen LogP contribution in [-0.4, -0.2) is 24.0 Å². The molecule has 25 heavy (non-hydrogen) atoms. The monoisotopic (exact) mass is 378 g/mol. The van der Waals surface area contributed by atoms with Crippen LogP contribution in [0, 0.1) is 13.8 Å². The van der Waals surface area contributed by atoms with Crippen LogP contribution in [0.4, 0.5) is 0 Å². The second-order valence-electron chi connectivity index (χ2n) is 6.29. The van der Waals surface area contributed by atoms with Crippen molar-refractivity contribution in [1.82, 2.24) is 4.90 Å². The molecule has 0 aliphatic carbocycles. The summed E-state index contributed by atoms with van der Waals surface area (Å²) in [4.78, 5) is 17.5. The summed E-state index contributed by atoms with van der Waals surface area (Å²) >= 11 is 8.22. The molecule has 0 N–H and O–H groups in total. The van der Waals surface area contributed by atoms with Crippen molar-refractivity contribution in [1.29, 1.82) is 0 Å². The van der Waals surface area contributed by atoms with Crippen LogP contribution in [0.3, 0.4) is 0 Å². The van der Waals surface area contributed by atoms with Crippen LogP contribution >= 0.6 is 22.9 Å². The van der Waals surface area contributed by atoms with Gasteiger partial charge in [0.25, 0.3) is 0 Å². The molecule has 0 radical (unpaired) electrons. The van der Waals surface area contributed by atoms with Crippen molar-refractivity contribution in [2.45, 2.75) is 46.2 Å². The lowest BCUT2D eigenvalue weighted by molar-refractivity contribution is -0.151. The van der Waals surface area contributed by atoms with Gasteiger partial charge >= 0.3 is 5.97 Å². The first-order valence-corrected chi connectivity index (χ1v) is 9.79. The fourth-order valence-electron chi connectivity index (χ4n) is 3.56. The highest BCUT2D eigenvalue weighted by atomic mass is 35.5. The van der Waals surface area contributed by atoms with Crippen LogP contribution in [0.1, 0.15) is 53.7 Å². The first-order chi connectivity index (χ1) is 12.3. The average molecular weight is 379 g/mol. The van der Waals surface area contributed by atoms with Crippen LogP contribution in [0.2, 0.25) is 5.02 Å². The van der Waals surface area contributed by atoms with E-state index in [2.05, 4.69) is 20.8 Å². The second kappa shape index (κ2) is 7.48. The molecule has 134 valence electrons. The highest BCUT2D eigenvalue weighted by molar-refractivity contribution is 7.12. The molecule has 5 heteroatoms. The van der Waals surface area contributed by atoms with Gasteiger partial charge in [0.15, 0.2) is 0 Å². The molecule has 3 rings (SSSR count). The fourth-order valence-corrected chi connectivity index (χ4v) is 5.04. The molecule has 0 spiro atoms. The summed E-state index contributed by atoms with van der Waals surface area (Å²) in [6, 6.07) is 5.35. The topological polar surface area (TPSA) is 29.5 Å². The molecule has 0 bridgehead atoms. The number of carbonyl (C=O) groups excluding carboxylic acids is 1. The van der Waals surface area contributed by atoms with Gasteiger partial charge in [0, 0.05) is 27.4 Å². The molecule has 2 atom stereocenters. The molecular formula is C20H24ClNO2S. The summed E-state index contributed by atoms with van der Waals surface area (Å²) in [7, 11) is 0. The van der Waals surface area contributed by atoms with Gasteiger partial charge in [-0.15, -0.1) is 11.3 Å². The van der Waals surface area contributed by atoms with E-state index in [-0.39, 0.29) is 12.6 Å². The molecular weight excluding hydrogens is 354 g/mol. The molecule has 1 aromatic carbocycles. The van der Waals surface area contributed by atoms with Gasteiger partial charge in [-0.1, -0.05) is 29.8 Å². The van der Waals surface area contributed by atoms with Gasteiger partial charge in [0.2, 0.25) is 0 Å². The lowest BCUT2D eigenvalue weighted by Gasteiger charge is -2.39. The van der Waals surface area contributed by atoms with E-state index in [9.17, 15) is 6.17 Å². The highest BCUT2D eigenvalue weighted by Gasteiger charge is 2.38. The van der Waals surface area contributed by atoms with Crippen molar-refractivity contribution in [2.24, 2.45) is 0 Å². The zero-order chi connectivity index (χ0) is 19.1. The predicted octanol–water partition coefficient (Wildman–Crippen LogP) is 5.24. The predicted molar refractivity (Wildman–Crippen MR) is 103 cm³/mol. The lowest BCUT2D eigenvalue weighted by atomic mass is 9.93. The van der Waals surface area contributed by atoms with Crippen LogP contribution in [-0.2, 0) is 16.0 Å². The Morgan fingerprint density at radius 1 is 1.48 bits per heavy atom. The van der Waals surface area contributed by atoms with Crippen molar-refractivity contribution >= 4 is 28.9 Å². The number of carbonyl (C=O) groups is 1. The molecule has 1 aliphatic rings. The van der Waals surface area contributed by atoms with E-state index in [1.54, 1.807) is 19.1 Å². The minimum atomic E-state index is -1.67. The van der Waals surface area contributed by atoms with E-state index in [0.717, 1.165) is 6.42 Å². The summed E-state index contributed by atoms with van der Waals surface area (Å²) in [5.74, 6) is -0.576. The maximum atomic E-state index is 13.0. The van der Waals surface area contributed by atoms with Gasteiger partial charge in [-0.3, -0.25) is 4.90 Å². The normalized spacial score (nSPS) is 20.5. The molecule has 3 nitrogen and oxygen atoms in total. The number of fused-ring (bicyclic) bond motifs is 1. The third kappa shape index (κ3) is 3.35. The van der Waals surface area contributed by atoms with Crippen LogP contribution in [0.5, 0.6) is 0 Å². The molecule has 1 unspecified atom stereocenters. The number of rotatable bonds is 4. The largest absolute Gasteiger partial charge is 0.465 e. The molecule has 0 amide bonds. The molecule has 2 heterocycles. The number of hydrogen-bond donors (Lipinski definition) is 0. The van der Waals surface area contributed by atoms with Gasteiger partial charge in [-0.2, -0.15) is 0 Å². The summed E-state index contributed by atoms with van der Waals surface area (Å²) in [5, 5.41) is 0.409. The van der Waals surface area contributed by atoms with Crippen molar-refractivity contribution < 1.29 is 10.9 Å². The molecule has 2 aromatic rings. The fraction of sp³-hybridized carbons (Fsp3) is 0.450. The lowest BCUT2D eigenvalue weighted by Crippen LogP contribution is -2.41. The van der Waals surface area contributed by atoms with Crippen molar-refractivity contribution in [3.8, 4) is 0 Å². The molecule has 0 saturated carbocycles. The van der Waals surface area contributed by atoms with E-state index in [1.165, 1.54) is 20.9 Å². The van der Waals surface area contributed by atoms with Crippen molar-refractivity contribution in [3.63, 3.8) is 0 Å². The number of esters is 1. The third-order valence-corrected chi connectivity index (χ3v) is 6.47. The summed E-state index contributed by atoms with van der Waals surface area (Å²) in [6.07, 6.45) is 0.823. The van der Waals surface area contributed by atoms with E-state index < -0.39 is 12.0 Å². The van der Waals surface area contributed by atoms with Crippen molar-refractivity contribution in [3.05, 3.63) is 55.7 Å². The smallest absolute Gasteiger partial charge is 0.328 e. The quantitative estimate of drug-likeness (QED) is 0.681. The first-order valence-electron chi connectivity index (χ1n) is 9.10. The van der Waals surface area contributed by atoms with E-state index >= 15 is 0 Å². The van der Waals surface area contributed by atoms with Gasteiger partial charge < -0.3 is 4.74 Å². The number of nitrogens with zero attached hydrogens (tertiary/aromatic N) is 1.